The van der Waals surface area contributed by atoms with Crippen LogP contribution in [0.25, 0.3) is 34.1 Å². The van der Waals surface area contributed by atoms with Gasteiger partial charge in [-0.25, -0.2) is 0 Å². The molecule has 0 bridgehead atoms. The minimum Gasteiger partial charge on any atom is -0.311 e. The van der Waals surface area contributed by atoms with Crippen LogP contribution in [0, 0.1) is 0 Å². The fourth-order valence-corrected chi connectivity index (χ4v) is 7.86. The maximum atomic E-state index is 2.42. The largest absolute Gasteiger partial charge is 0.311 e. The quantitative estimate of drug-likeness (QED) is 0.147. The lowest BCUT2D eigenvalue weighted by atomic mass is 9.81. The van der Waals surface area contributed by atoms with E-state index >= 15 is 0 Å². The third kappa shape index (κ3) is 6.09. The third-order valence-corrected chi connectivity index (χ3v) is 10.6. The second-order valence-corrected chi connectivity index (χ2v) is 14.3. The minimum absolute atomic E-state index is 0.128. The molecule has 0 heterocycles. The Morgan fingerprint density at radius 1 is 0.340 bits per heavy atom. The van der Waals surface area contributed by atoms with Crippen molar-refractivity contribution in [1.82, 2.24) is 0 Å². The Kier molecular flexibility index (Phi) is 8.21. The average molecular weight is 681 g/mol. The lowest BCUT2D eigenvalue weighted by Crippen LogP contribution is -2.15. The van der Waals surface area contributed by atoms with Crippen molar-refractivity contribution in [2.45, 2.75) is 19.3 Å². The van der Waals surface area contributed by atoms with Crippen molar-refractivity contribution in [3.8, 4) is 11.1 Å². The van der Waals surface area contributed by atoms with E-state index in [2.05, 4.69) is 230 Å². The molecule has 0 N–H and O–H groups in total. The van der Waals surface area contributed by atoms with Crippen LogP contribution >= 0.6 is 0 Å². The van der Waals surface area contributed by atoms with Crippen LogP contribution in [0.2, 0.25) is 0 Å². The van der Waals surface area contributed by atoms with Crippen molar-refractivity contribution in [2.75, 3.05) is 9.80 Å². The van der Waals surface area contributed by atoms with Crippen LogP contribution in [-0.4, -0.2) is 0 Å². The van der Waals surface area contributed by atoms with E-state index in [0.717, 1.165) is 34.1 Å². The van der Waals surface area contributed by atoms with Gasteiger partial charge in [0.25, 0.3) is 0 Å². The monoisotopic (exact) mass is 680 g/mol. The zero-order valence-corrected chi connectivity index (χ0v) is 30.0. The topological polar surface area (TPSA) is 6.48 Å². The van der Waals surface area contributed by atoms with Crippen LogP contribution in [0.5, 0.6) is 0 Å². The molecule has 2 heteroatoms. The van der Waals surface area contributed by atoms with Gasteiger partial charge in [0.05, 0.1) is 0 Å². The molecule has 0 radical (unpaired) electrons. The normalized spacial score (nSPS) is 12.8. The number of para-hydroxylation sites is 4. The summed E-state index contributed by atoms with van der Waals surface area (Å²) in [6, 6.07) is 69.8. The average Bonchev–Trinajstić information content (AvgIpc) is 3.43. The standard InChI is InChI=1S/C51H40N2/c1-51(2)49-33-38(24-23-37-25-29-45(30-26-37)52(41-15-7-3-8-16-41)42-17-9-4-10-18-42)27-32-47(49)48-35-39-28-31-46(34-40(39)36-50(48)51)53(43-19-11-5-12-20-43)44-21-13-6-14-22-44/h3-36H,1-2H3/b24-23+. The van der Waals surface area contributed by atoms with E-state index in [1.165, 1.54) is 44.2 Å². The van der Waals surface area contributed by atoms with Crippen molar-refractivity contribution in [2.24, 2.45) is 0 Å². The third-order valence-electron chi connectivity index (χ3n) is 10.6. The molecular weight excluding hydrogens is 641 g/mol. The van der Waals surface area contributed by atoms with Gasteiger partial charge in [0, 0.05) is 39.5 Å². The summed E-state index contributed by atoms with van der Waals surface area (Å²) in [5, 5.41) is 2.50. The molecule has 0 saturated heterocycles. The number of benzene rings is 8. The highest BCUT2D eigenvalue weighted by Crippen LogP contribution is 2.50. The first-order valence-electron chi connectivity index (χ1n) is 18.3. The maximum absolute atomic E-state index is 2.42. The van der Waals surface area contributed by atoms with E-state index in [4.69, 9.17) is 0 Å². The van der Waals surface area contributed by atoms with E-state index in [-0.39, 0.29) is 5.41 Å². The molecule has 0 unspecified atom stereocenters. The Balaban J connectivity index is 1.01. The predicted octanol–water partition coefficient (Wildman–Crippen LogP) is 14.3. The van der Waals surface area contributed by atoms with E-state index < -0.39 is 0 Å². The summed E-state index contributed by atoms with van der Waals surface area (Å²) in [6.07, 6.45) is 4.46. The number of hydrogen-bond donors (Lipinski definition) is 0. The predicted molar refractivity (Wildman–Crippen MR) is 226 cm³/mol. The second-order valence-electron chi connectivity index (χ2n) is 14.3. The molecule has 0 aliphatic heterocycles. The summed E-state index contributed by atoms with van der Waals surface area (Å²) in [5.74, 6) is 0. The van der Waals surface area contributed by atoms with Gasteiger partial charge in [0.1, 0.15) is 0 Å². The summed E-state index contributed by atoms with van der Waals surface area (Å²) < 4.78 is 0. The van der Waals surface area contributed by atoms with Gasteiger partial charge in [-0.1, -0.05) is 135 Å². The van der Waals surface area contributed by atoms with E-state index in [1.54, 1.807) is 0 Å². The fraction of sp³-hybridized carbons (Fsp3) is 0.0588. The van der Waals surface area contributed by atoms with Gasteiger partial charge < -0.3 is 9.80 Å². The molecule has 0 amide bonds. The van der Waals surface area contributed by atoms with E-state index in [1.807, 2.05) is 0 Å². The molecule has 1 aliphatic carbocycles. The molecule has 0 saturated carbocycles. The van der Waals surface area contributed by atoms with Crippen LogP contribution in [0.3, 0.4) is 0 Å². The molecule has 8 aromatic carbocycles. The van der Waals surface area contributed by atoms with Crippen molar-refractivity contribution in [3.05, 3.63) is 216 Å². The maximum Gasteiger partial charge on any atom is 0.0468 e. The Hall–Kier alpha value is -6.64. The van der Waals surface area contributed by atoms with Gasteiger partial charge in [-0.2, -0.15) is 0 Å². The molecular formula is C51H40N2. The fourth-order valence-electron chi connectivity index (χ4n) is 7.86. The second kappa shape index (κ2) is 13.5. The summed E-state index contributed by atoms with van der Waals surface area (Å²) in [5.41, 5.74) is 14.5. The highest BCUT2D eigenvalue weighted by atomic mass is 15.1. The summed E-state index contributed by atoms with van der Waals surface area (Å²) in [4.78, 5) is 4.63. The highest BCUT2D eigenvalue weighted by Gasteiger charge is 2.35. The first kappa shape index (κ1) is 32.3. The molecule has 8 aromatic rings. The van der Waals surface area contributed by atoms with Crippen LogP contribution in [0.15, 0.2) is 194 Å². The number of hydrogen-bond acceptors (Lipinski definition) is 2. The lowest BCUT2D eigenvalue weighted by Gasteiger charge is -2.26. The Morgan fingerprint density at radius 3 is 1.32 bits per heavy atom. The molecule has 0 fully saturated rings. The first-order chi connectivity index (χ1) is 26.0. The molecule has 254 valence electrons. The summed E-state index contributed by atoms with van der Waals surface area (Å²) in [6.45, 7) is 4.73. The molecule has 2 nitrogen and oxygen atoms in total. The van der Waals surface area contributed by atoms with Crippen molar-refractivity contribution in [1.29, 1.82) is 0 Å². The Labute approximate surface area is 312 Å². The molecule has 1 aliphatic rings. The van der Waals surface area contributed by atoms with Crippen LogP contribution in [0.1, 0.15) is 36.1 Å². The van der Waals surface area contributed by atoms with Gasteiger partial charge in [-0.15, -0.1) is 0 Å². The SMILES string of the molecule is CC1(C)c2cc(/C=C/c3ccc(N(c4ccccc4)c4ccccc4)cc3)ccc2-c2cc3ccc(N(c4ccccc4)c4ccccc4)cc3cc21. The molecule has 0 aromatic heterocycles. The highest BCUT2D eigenvalue weighted by molar-refractivity contribution is 5.96. The smallest absolute Gasteiger partial charge is 0.0468 e. The van der Waals surface area contributed by atoms with E-state index in [9.17, 15) is 0 Å². The lowest BCUT2D eigenvalue weighted by molar-refractivity contribution is 0.661. The van der Waals surface area contributed by atoms with Crippen molar-refractivity contribution in [3.63, 3.8) is 0 Å². The van der Waals surface area contributed by atoms with Gasteiger partial charge in [0.15, 0.2) is 0 Å². The van der Waals surface area contributed by atoms with Crippen molar-refractivity contribution >= 4 is 57.0 Å². The number of anilines is 6. The first-order valence-corrected chi connectivity index (χ1v) is 18.3. The van der Waals surface area contributed by atoms with Crippen LogP contribution in [-0.2, 0) is 5.41 Å². The zero-order chi connectivity index (χ0) is 35.8. The summed E-state index contributed by atoms with van der Waals surface area (Å²) in [7, 11) is 0. The molecule has 53 heavy (non-hydrogen) atoms. The number of rotatable bonds is 8. The van der Waals surface area contributed by atoms with Gasteiger partial charge in [-0.05, 0) is 129 Å². The van der Waals surface area contributed by atoms with Gasteiger partial charge in [0.2, 0.25) is 0 Å². The number of nitrogens with zero attached hydrogens (tertiary/aromatic N) is 2. The van der Waals surface area contributed by atoms with Gasteiger partial charge in [-0.3, -0.25) is 0 Å². The molecule has 0 spiro atoms. The molecule has 9 rings (SSSR count). The summed E-state index contributed by atoms with van der Waals surface area (Å²) >= 11 is 0. The minimum atomic E-state index is -0.128. The molecule has 0 atom stereocenters. The Bertz CT molecular complexity index is 2480. The van der Waals surface area contributed by atoms with Crippen LogP contribution in [0.4, 0.5) is 34.1 Å². The zero-order valence-electron chi connectivity index (χ0n) is 30.0. The number of fused-ring (bicyclic) bond motifs is 4. The Morgan fingerprint density at radius 2 is 0.774 bits per heavy atom. The van der Waals surface area contributed by atoms with E-state index in [0.29, 0.717) is 0 Å². The van der Waals surface area contributed by atoms with Crippen molar-refractivity contribution < 1.29 is 0 Å². The van der Waals surface area contributed by atoms with Crippen LogP contribution < -0.4 is 9.80 Å². The van der Waals surface area contributed by atoms with Gasteiger partial charge >= 0.3 is 0 Å².